The van der Waals surface area contributed by atoms with E-state index in [-0.39, 0.29) is 23.7 Å². The van der Waals surface area contributed by atoms with Crippen molar-refractivity contribution in [3.05, 3.63) is 52.8 Å². The van der Waals surface area contributed by atoms with E-state index in [1.165, 1.54) is 5.56 Å². The minimum absolute atomic E-state index is 0.0236. The highest BCUT2D eigenvalue weighted by Crippen LogP contribution is 2.38. The van der Waals surface area contributed by atoms with Crippen molar-refractivity contribution in [1.29, 1.82) is 0 Å². The average Bonchev–Trinajstić information content (AvgIpc) is 3.34. The van der Waals surface area contributed by atoms with E-state index in [1.807, 2.05) is 43.0 Å². The highest BCUT2D eigenvalue weighted by Gasteiger charge is 2.39. The second-order valence-corrected chi connectivity index (χ2v) is 13.5. The number of fused-ring (bicyclic) bond motifs is 2. The van der Waals surface area contributed by atoms with Crippen molar-refractivity contribution in [2.45, 2.75) is 71.7 Å². The number of aromatic nitrogens is 2. The number of rotatable bonds is 2. The molecule has 1 unspecified atom stereocenters. The molecule has 3 amide bonds. The molecule has 0 saturated carbocycles. The molecular formula is C33H43N5O5. The van der Waals surface area contributed by atoms with Gasteiger partial charge >= 0.3 is 12.1 Å². The second kappa shape index (κ2) is 11.1. The second-order valence-electron chi connectivity index (χ2n) is 13.5. The number of hydrogen-bond donors (Lipinski definition) is 1. The van der Waals surface area contributed by atoms with Gasteiger partial charge in [-0.2, -0.15) is 0 Å². The Kier molecular flexibility index (Phi) is 7.62. The van der Waals surface area contributed by atoms with E-state index in [9.17, 15) is 9.59 Å². The van der Waals surface area contributed by atoms with Crippen LogP contribution >= 0.6 is 0 Å². The maximum atomic E-state index is 13.9. The molecule has 2 aromatic heterocycles. The highest BCUT2D eigenvalue weighted by atomic mass is 16.6. The molecule has 0 spiro atoms. The van der Waals surface area contributed by atoms with Gasteiger partial charge in [0.2, 0.25) is 0 Å². The van der Waals surface area contributed by atoms with Crippen molar-refractivity contribution in [2.24, 2.45) is 0 Å². The first-order chi connectivity index (χ1) is 20.4. The zero-order valence-corrected chi connectivity index (χ0v) is 26.2. The van der Waals surface area contributed by atoms with Crippen LogP contribution in [0.2, 0.25) is 0 Å². The number of aromatic amines is 1. The number of hydrogen-bond acceptors (Lipinski definition) is 6. The van der Waals surface area contributed by atoms with Gasteiger partial charge in [-0.25, -0.2) is 14.6 Å². The molecule has 10 nitrogen and oxygen atoms in total. The van der Waals surface area contributed by atoms with E-state index in [0.717, 1.165) is 38.9 Å². The fourth-order valence-corrected chi connectivity index (χ4v) is 6.40. The van der Waals surface area contributed by atoms with Gasteiger partial charge in [-0.15, -0.1) is 0 Å². The van der Waals surface area contributed by atoms with Crippen LogP contribution in [-0.2, 0) is 27.2 Å². The van der Waals surface area contributed by atoms with Gasteiger partial charge in [0.25, 0.3) is 0 Å². The number of urea groups is 1. The largest absolute Gasteiger partial charge is 0.444 e. The molecule has 230 valence electrons. The fraction of sp³-hybridized carbons (Fsp3) is 0.545. The monoisotopic (exact) mass is 589 g/mol. The topological polar surface area (TPSA) is 100 Å². The summed E-state index contributed by atoms with van der Waals surface area (Å²) in [6.45, 7) is 15.7. The molecule has 3 aromatic rings. The third-order valence-electron chi connectivity index (χ3n) is 8.71. The number of H-pyrrole nitrogens is 1. The molecule has 0 aliphatic carbocycles. The van der Waals surface area contributed by atoms with Crippen molar-refractivity contribution >= 4 is 23.2 Å². The zero-order chi connectivity index (χ0) is 30.5. The van der Waals surface area contributed by atoms with Crippen molar-refractivity contribution < 1.29 is 23.8 Å². The number of nitrogens with one attached hydrogen (secondary N) is 1. The van der Waals surface area contributed by atoms with Crippen LogP contribution in [0.1, 0.15) is 62.9 Å². The summed E-state index contributed by atoms with van der Waals surface area (Å²) in [6, 6.07) is 6.23. The molecule has 0 radical (unpaired) electrons. The molecule has 3 aliphatic heterocycles. The van der Waals surface area contributed by atoms with Gasteiger partial charge in [-0.05, 0) is 87.9 Å². The summed E-state index contributed by atoms with van der Waals surface area (Å²) in [4.78, 5) is 40.9. The number of ether oxygens (including phenoxy) is 3. The first-order valence-electron chi connectivity index (χ1n) is 15.2. The summed E-state index contributed by atoms with van der Waals surface area (Å²) in [7, 11) is 0. The van der Waals surface area contributed by atoms with Crippen LogP contribution in [0.5, 0.6) is 0 Å². The maximum absolute atomic E-state index is 13.9. The number of carbonyl (C=O) groups excluding carboxylic acids is 2. The Morgan fingerprint density at radius 3 is 2.63 bits per heavy atom. The molecule has 1 aromatic carbocycles. The molecule has 3 aliphatic rings. The number of carbonyl (C=O) groups is 2. The first kappa shape index (κ1) is 29.4. The predicted octanol–water partition coefficient (Wildman–Crippen LogP) is 5.44. The quantitative estimate of drug-likeness (QED) is 0.428. The highest BCUT2D eigenvalue weighted by molar-refractivity contribution is 5.85. The lowest BCUT2D eigenvalue weighted by atomic mass is 9.87. The lowest BCUT2D eigenvalue weighted by Gasteiger charge is -2.45. The number of morpholine rings is 2. The standard InChI is InChI=1S/C33H43N5O5/c1-21-16-34-29-25(21)15-24(17-35-29)23-13-22-7-8-36(30(39)38-10-12-42-20-33(38,5)6)18-27(22)26(14-23)28-19-41-11-9-37(28)31(40)43-32(2,3)4/h13-17,28H,7-12,18-20H2,1-6H3,(H,34,35). The smallest absolute Gasteiger partial charge is 0.410 e. The first-order valence-corrected chi connectivity index (χ1v) is 15.2. The Labute approximate surface area is 253 Å². The molecule has 1 N–H and O–H groups in total. The Morgan fingerprint density at radius 2 is 1.86 bits per heavy atom. The average molecular weight is 590 g/mol. The lowest BCUT2D eigenvalue weighted by Crippen LogP contribution is -2.59. The molecule has 2 fully saturated rings. The number of pyridine rings is 1. The summed E-state index contributed by atoms with van der Waals surface area (Å²) < 4.78 is 17.5. The van der Waals surface area contributed by atoms with E-state index >= 15 is 0 Å². The van der Waals surface area contributed by atoms with E-state index < -0.39 is 5.60 Å². The Bertz CT molecular complexity index is 1540. The molecule has 43 heavy (non-hydrogen) atoms. The Hall–Kier alpha value is -3.63. The Balaban J connectivity index is 1.42. The van der Waals surface area contributed by atoms with Gasteiger partial charge in [0.1, 0.15) is 11.2 Å². The van der Waals surface area contributed by atoms with Crippen molar-refractivity contribution in [1.82, 2.24) is 24.7 Å². The number of nitrogens with zero attached hydrogens (tertiary/aromatic N) is 4. The molecule has 2 saturated heterocycles. The maximum Gasteiger partial charge on any atom is 0.410 e. The summed E-state index contributed by atoms with van der Waals surface area (Å²) in [5.41, 5.74) is 6.28. The van der Waals surface area contributed by atoms with Crippen LogP contribution in [0.4, 0.5) is 9.59 Å². The summed E-state index contributed by atoms with van der Waals surface area (Å²) >= 11 is 0. The summed E-state index contributed by atoms with van der Waals surface area (Å²) in [5.74, 6) is 0. The molecule has 0 bridgehead atoms. The van der Waals surface area contributed by atoms with Crippen LogP contribution in [0.25, 0.3) is 22.2 Å². The normalized spacial score (nSPS) is 20.7. The van der Waals surface area contributed by atoms with E-state index in [2.05, 4.69) is 48.9 Å². The molecule has 6 rings (SSSR count). The van der Waals surface area contributed by atoms with Gasteiger partial charge in [-0.1, -0.05) is 6.07 Å². The number of amides is 3. The van der Waals surface area contributed by atoms with Crippen molar-refractivity contribution in [2.75, 3.05) is 46.1 Å². The number of benzene rings is 1. The van der Waals surface area contributed by atoms with Crippen LogP contribution in [0.3, 0.4) is 0 Å². The van der Waals surface area contributed by atoms with Crippen LogP contribution < -0.4 is 0 Å². The van der Waals surface area contributed by atoms with Gasteiger partial charge in [0, 0.05) is 49.5 Å². The molecule has 5 heterocycles. The SMILES string of the molecule is Cc1c[nH]c2ncc(-c3cc4c(c(C5COCCN5C(=O)OC(C)(C)C)c3)CN(C(=O)N3CCOCC3(C)C)CC4)cc12. The van der Waals surface area contributed by atoms with Gasteiger partial charge in [-0.3, -0.25) is 4.90 Å². The van der Waals surface area contributed by atoms with Crippen LogP contribution in [0, 0.1) is 6.92 Å². The van der Waals surface area contributed by atoms with Gasteiger partial charge in [0.05, 0.1) is 38.0 Å². The van der Waals surface area contributed by atoms with E-state index in [1.54, 1.807) is 4.90 Å². The lowest BCUT2D eigenvalue weighted by molar-refractivity contribution is -0.0367. The number of aryl methyl sites for hydroxylation is 1. The molecule has 10 heteroatoms. The minimum atomic E-state index is -0.620. The van der Waals surface area contributed by atoms with E-state index in [0.29, 0.717) is 59.0 Å². The zero-order valence-electron chi connectivity index (χ0n) is 26.2. The summed E-state index contributed by atoms with van der Waals surface area (Å²) in [6.07, 6.45) is 4.22. The van der Waals surface area contributed by atoms with E-state index in [4.69, 9.17) is 14.2 Å². The Morgan fingerprint density at radius 1 is 1.07 bits per heavy atom. The van der Waals surface area contributed by atoms with Crippen molar-refractivity contribution in [3.63, 3.8) is 0 Å². The fourth-order valence-electron chi connectivity index (χ4n) is 6.40. The predicted molar refractivity (Wildman–Crippen MR) is 164 cm³/mol. The third-order valence-corrected chi connectivity index (χ3v) is 8.71. The minimum Gasteiger partial charge on any atom is -0.444 e. The molecular weight excluding hydrogens is 546 g/mol. The van der Waals surface area contributed by atoms with Crippen LogP contribution in [0.15, 0.2) is 30.6 Å². The van der Waals surface area contributed by atoms with Crippen LogP contribution in [-0.4, -0.2) is 94.0 Å². The van der Waals surface area contributed by atoms with Gasteiger partial charge in [0.15, 0.2) is 0 Å². The third kappa shape index (κ3) is 5.82. The van der Waals surface area contributed by atoms with Crippen molar-refractivity contribution in [3.8, 4) is 11.1 Å². The van der Waals surface area contributed by atoms with Gasteiger partial charge < -0.3 is 29.0 Å². The summed E-state index contributed by atoms with van der Waals surface area (Å²) in [5, 5.41) is 1.08. The molecule has 1 atom stereocenters.